The Morgan fingerprint density at radius 1 is 0.906 bits per heavy atom. The summed E-state index contributed by atoms with van der Waals surface area (Å²) in [5.74, 6) is 0.139. The fourth-order valence-electron chi connectivity index (χ4n) is 3.54. The van der Waals surface area contributed by atoms with Crippen molar-refractivity contribution in [3.8, 4) is 11.5 Å². The minimum absolute atomic E-state index is 0.206. The van der Waals surface area contributed by atoms with Crippen molar-refractivity contribution in [2.45, 2.75) is 13.5 Å². The number of nitrogens with zero attached hydrogens (tertiary/aromatic N) is 1. The van der Waals surface area contributed by atoms with Crippen LogP contribution in [0.3, 0.4) is 0 Å². The minimum Gasteiger partial charge on any atom is -0.497 e. The third-order valence-corrected chi connectivity index (χ3v) is 5.14. The predicted molar refractivity (Wildman–Crippen MR) is 119 cm³/mol. The van der Waals surface area contributed by atoms with Crippen LogP contribution in [0.2, 0.25) is 0 Å². The Morgan fingerprint density at radius 2 is 1.66 bits per heavy atom. The summed E-state index contributed by atoms with van der Waals surface area (Å²) in [6.45, 7) is 2.70. The van der Waals surface area contributed by atoms with Crippen LogP contribution in [0.25, 0.3) is 0 Å². The van der Waals surface area contributed by atoms with Gasteiger partial charge in [0.1, 0.15) is 11.5 Å². The van der Waals surface area contributed by atoms with Crippen molar-refractivity contribution in [3.05, 3.63) is 89.0 Å². The van der Waals surface area contributed by atoms with Gasteiger partial charge >= 0.3 is 0 Å². The van der Waals surface area contributed by atoms with Crippen LogP contribution in [0.1, 0.15) is 43.6 Å². The quantitative estimate of drug-likeness (QED) is 0.576. The first-order valence-electron chi connectivity index (χ1n) is 10.2. The topological polar surface area (TPSA) is 84.9 Å². The molecule has 1 N–H and O–H groups in total. The van der Waals surface area contributed by atoms with Crippen LogP contribution in [0, 0.1) is 0 Å². The molecular formula is C25H22N2O5. The Bertz CT molecular complexity index is 1190. The number of hydrogen-bond donors (Lipinski definition) is 1. The van der Waals surface area contributed by atoms with E-state index in [0.717, 1.165) is 10.5 Å². The van der Waals surface area contributed by atoms with E-state index in [-0.39, 0.29) is 17.0 Å². The first-order valence-corrected chi connectivity index (χ1v) is 10.2. The molecule has 1 aliphatic rings. The molecule has 32 heavy (non-hydrogen) atoms. The number of nitrogens with one attached hydrogen (secondary N) is 1. The highest BCUT2D eigenvalue weighted by Gasteiger charge is 2.37. The SMILES string of the molecule is CCOc1ccc(N2C(=O)c3ccc(C(=O)NCc4cccc(OC)c4)cc3C2=O)cc1. The van der Waals surface area contributed by atoms with E-state index in [9.17, 15) is 14.4 Å². The van der Waals surface area contributed by atoms with Gasteiger partial charge in [-0.25, -0.2) is 4.90 Å². The van der Waals surface area contributed by atoms with E-state index >= 15 is 0 Å². The average molecular weight is 430 g/mol. The summed E-state index contributed by atoms with van der Waals surface area (Å²) >= 11 is 0. The normalized spacial score (nSPS) is 12.5. The zero-order valence-electron chi connectivity index (χ0n) is 17.8. The lowest BCUT2D eigenvalue weighted by Gasteiger charge is -2.14. The van der Waals surface area contributed by atoms with Gasteiger partial charge in [0.2, 0.25) is 0 Å². The fourth-order valence-corrected chi connectivity index (χ4v) is 3.54. The number of fused-ring (bicyclic) bond motifs is 1. The summed E-state index contributed by atoms with van der Waals surface area (Å²) in [6.07, 6.45) is 0. The average Bonchev–Trinajstić information content (AvgIpc) is 3.08. The van der Waals surface area contributed by atoms with Gasteiger partial charge in [0.15, 0.2) is 0 Å². The number of hydrogen-bond acceptors (Lipinski definition) is 5. The molecule has 3 aromatic rings. The first-order chi connectivity index (χ1) is 15.5. The Morgan fingerprint density at radius 3 is 2.38 bits per heavy atom. The summed E-state index contributed by atoms with van der Waals surface area (Å²) in [7, 11) is 1.58. The Balaban J connectivity index is 1.51. The molecule has 3 aromatic carbocycles. The van der Waals surface area contributed by atoms with E-state index in [1.807, 2.05) is 31.2 Å². The second kappa shape index (κ2) is 8.93. The molecule has 0 atom stereocenters. The van der Waals surface area contributed by atoms with E-state index in [4.69, 9.17) is 9.47 Å². The molecule has 1 aliphatic heterocycles. The maximum Gasteiger partial charge on any atom is 0.266 e. The van der Waals surface area contributed by atoms with Gasteiger partial charge in [-0.1, -0.05) is 12.1 Å². The highest BCUT2D eigenvalue weighted by molar-refractivity contribution is 6.34. The van der Waals surface area contributed by atoms with Crippen LogP contribution in [0.15, 0.2) is 66.7 Å². The summed E-state index contributed by atoms with van der Waals surface area (Å²) in [4.78, 5) is 39.6. The lowest BCUT2D eigenvalue weighted by atomic mass is 10.1. The lowest BCUT2D eigenvalue weighted by molar-refractivity contribution is 0.0923. The van der Waals surface area contributed by atoms with Gasteiger partial charge in [-0.15, -0.1) is 0 Å². The molecule has 0 bridgehead atoms. The number of ether oxygens (including phenoxy) is 2. The van der Waals surface area contributed by atoms with Gasteiger partial charge in [0.05, 0.1) is 30.5 Å². The third-order valence-electron chi connectivity index (χ3n) is 5.14. The van der Waals surface area contributed by atoms with Gasteiger partial charge < -0.3 is 14.8 Å². The molecule has 0 spiro atoms. The molecule has 0 saturated heterocycles. The molecule has 162 valence electrons. The molecule has 4 rings (SSSR count). The number of imide groups is 1. The molecule has 7 nitrogen and oxygen atoms in total. The lowest BCUT2D eigenvalue weighted by Crippen LogP contribution is -2.29. The van der Waals surface area contributed by atoms with E-state index in [0.29, 0.717) is 35.9 Å². The van der Waals surface area contributed by atoms with Crippen LogP contribution in [-0.4, -0.2) is 31.4 Å². The van der Waals surface area contributed by atoms with Crippen molar-refractivity contribution in [2.24, 2.45) is 0 Å². The standard InChI is InChI=1S/C25H22N2O5/c1-3-32-19-10-8-18(9-11-19)27-24(29)21-12-7-17(14-22(21)25(27)30)23(28)26-15-16-5-4-6-20(13-16)31-2/h4-14H,3,15H2,1-2H3,(H,26,28). The van der Waals surface area contributed by atoms with Gasteiger partial charge in [-0.05, 0) is 67.1 Å². The van der Waals surface area contributed by atoms with Crippen molar-refractivity contribution in [1.82, 2.24) is 5.32 Å². The summed E-state index contributed by atoms with van der Waals surface area (Å²) in [6, 6.07) is 18.6. The van der Waals surface area contributed by atoms with Crippen molar-refractivity contribution in [2.75, 3.05) is 18.6 Å². The molecule has 3 amide bonds. The van der Waals surface area contributed by atoms with Crippen LogP contribution < -0.4 is 19.7 Å². The minimum atomic E-state index is -0.461. The Labute approximate surface area is 185 Å². The summed E-state index contributed by atoms with van der Waals surface area (Å²) < 4.78 is 10.6. The molecule has 0 unspecified atom stereocenters. The number of rotatable bonds is 7. The number of anilines is 1. The predicted octanol–water partition coefficient (Wildman–Crippen LogP) is 3.82. The van der Waals surface area contributed by atoms with Crippen LogP contribution in [0.4, 0.5) is 5.69 Å². The number of methoxy groups -OCH3 is 1. The van der Waals surface area contributed by atoms with Crippen molar-refractivity contribution < 1.29 is 23.9 Å². The fraction of sp³-hybridized carbons (Fsp3) is 0.160. The zero-order chi connectivity index (χ0) is 22.7. The van der Waals surface area contributed by atoms with Crippen molar-refractivity contribution >= 4 is 23.4 Å². The van der Waals surface area contributed by atoms with Gasteiger partial charge in [-0.3, -0.25) is 14.4 Å². The van der Waals surface area contributed by atoms with E-state index < -0.39 is 11.8 Å². The zero-order valence-corrected chi connectivity index (χ0v) is 17.8. The van der Waals surface area contributed by atoms with E-state index in [1.165, 1.54) is 12.1 Å². The van der Waals surface area contributed by atoms with E-state index in [1.54, 1.807) is 37.4 Å². The number of carbonyl (C=O) groups excluding carboxylic acids is 3. The molecule has 0 radical (unpaired) electrons. The third kappa shape index (κ3) is 4.05. The molecule has 0 saturated carbocycles. The Hall–Kier alpha value is -4.13. The van der Waals surface area contributed by atoms with Gasteiger partial charge in [0, 0.05) is 12.1 Å². The van der Waals surface area contributed by atoms with Crippen LogP contribution >= 0.6 is 0 Å². The molecule has 0 aromatic heterocycles. The highest BCUT2D eigenvalue weighted by atomic mass is 16.5. The first kappa shape index (κ1) is 21.1. The van der Waals surface area contributed by atoms with E-state index in [2.05, 4.69) is 5.32 Å². The van der Waals surface area contributed by atoms with Crippen molar-refractivity contribution in [3.63, 3.8) is 0 Å². The van der Waals surface area contributed by atoms with Gasteiger partial charge in [-0.2, -0.15) is 0 Å². The summed E-state index contributed by atoms with van der Waals surface area (Å²) in [5.41, 5.74) is 2.11. The highest BCUT2D eigenvalue weighted by Crippen LogP contribution is 2.30. The Kier molecular flexibility index (Phi) is 5.89. The molecule has 0 fully saturated rings. The molecule has 1 heterocycles. The number of amides is 3. The molecular weight excluding hydrogens is 408 g/mol. The number of carbonyl (C=O) groups is 3. The molecule has 7 heteroatoms. The smallest absolute Gasteiger partial charge is 0.266 e. The van der Waals surface area contributed by atoms with Crippen LogP contribution in [-0.2, 0) is 6.54 Å². The maximum absolute atomic E-state index is 13.0. The largest absolute Gasteiger partial charge is 0.497 e. The van der Waals surface area contributed by atoms with Crippen LogP contribution in [0.5, 0.6) is 11.5 Å². The maximum atomic E-state index is 13.0. The van der Waals surface area contributed by atoms with Gasteiger partial charge in [0.25, 0.3) is 17.7 Å². The summed E-state index contributed by atoms with van der Waals surface area (Å²) in [5, 5.41) is 2.83. The second-order valence-corrected chi connectivity index (χ2v) is 7.17. The van der Waals surface area contributed by atoms with Crippen molar-refractivity contribution in [1.29, 1.82) is 0 Å². The second-order valence-electron chi connectivity index (χ2n) is 7.17. The molecule has 0 aliphatic carbocycles. The number of benzene rings is 3. The monoisotopic (exact) mass is 430 g/mol.